The van der Waals surface area contributed by atoms with Crippen LogP contribution in [0, 0.1) is 0 Å². The maximum absolute atomic E-state index is 12.7. The zero-order valence-electron chi connectivity index (χ0n) is 12.9. The average Bonchev–Trinajstić information content (AvgIpc) is 2.58. The van der Waals surface area contributed by atoms with Gasteiger partial charge in [0.15, 0.2) is 0 Å². The number of hydrogen-bond acceptors (Lipinski definition) is 4. The normalized spacial score (nSPS) is 10.6. The lowest BCUT2D eigenvalue weighted by molar-refractivity contribution is 0.412. The lowest BCUT2D eigenvalue weighted by atomic mass is 10.3. The minimum absolute atomic E-state index is 0.0575. The highest BCUT2D eigenvalue weighted by Gasteiger charge is 2.14. The monoisotopic (exact) mass is 396 g/mol. The smallest absolute Gasteiger partial charge is 0.316 e. The van der Waals surface area contributed by atoms with Crippen molar-refractivity contribution in [1.82, 2.24) is 9.78 Å². The Morgan fingerprint density at radius 3 is 2.16 bits per heavy atom. The average molecular weight is 398 g/mol. The van der Waals surface area contributed by atoms with Crippen LogP contribution in [-0.4, -0.2) is 16.9 Å². The molecular weight excluding hydrogens is 387 g/mol. The summed E-state index contributed by atoms with van der Waals surface area (Å²) in [6, 6.07) is 11.4. The van der Waals surface area contributed by atoms with Crippen molar-refractivity contribution in [2.24, 2.45) is 0 Å². The molecule has 5 nitrogen and oxygen atoms in total. The van der Waals surface area contributed by atoms with Gasteiger partial charge >= 0.3 is 5.56 Å². The highest BCUT2D eigenvalue weighted by Crippen LogP contribution is 2.27. The number of hydrogen-bond donors (Lipinski definition) is 0. The van der Waals surface area contributed by atoms with E-state index in [1.807, 2.05) is 0 Å². The van der Waals surface area contributed by atoms with E-state index in [0.29, 0.717) is 27.2 Å². The molecule has 1 aromatic heterocycles. The van der Waals surface area contributed by atoms with E-state index in [1.54, 1.807) is 49.6 Å². The van der Waals surface area contributed by atoms with Crippen LogP contribution in [0.2, 0.25) is 15.1 Å². The van der Waals surface area contributed by atoms with Gasteiger partial charge in [0.1, 0.15) is 16.5 Å². The van der Waals surface area contributed by atoms with Crippen molar-refractivity contribution in [2.45, 2.75) is 0 Å². The molecule has 3 rings (SSSR count). The van der Waals surface area contributed by atoms with Crippen molar-refractivity contribution in [3.8, 4) is 22.9 Å². The van der Waals surface area contributed by atoms with E-state index in [4.69, 9.17) is 44.3 Å². The van der Waals surface area contributed by atoms with Gasteiger partial charge in [0.2, 0.25) is 5.75 Å². The molecule has 0 saturated carbocycles. The van der Waals surface area contributed by atoms with Crippen LogP contribution < -0.4 is 15.0 Å². The standard InChI is InChI=1S/C17H11Cl3N2O3/c1-24-13-2-4-14(5-3-13)25-16-15(20)9-21-22(17(16)23)12-7-10(18)6-11(19)8-12/h2-9H,1H3. The second-order valence-electron chi connectivity index (χ2n) is 4.94. The van der Waals surface area contributed by atoms with Gasteiger partial charge in [-0.25, -0.2) is 0 Å². The molecule has 2 aromatic carbocycles. The number of benzene rings is 2. The summed E-state index contributed by atoms with van der Waals surface area (Å²) in [6.07, 6.45) is 1.32. The molecule has 0 N–H and O–H groups in total. The van der Waals surface area contributed by atoms with Gasteiger partial charge in [-0.1, -0.05) is 34.8 Å². The Morgan fingerprint density at radius 2 is 1.56 bits per heavy atom. The summed E-state index contributed by atoms with van der Waals surface area (Å²) in [7, 11) is 1.56. The van der Waals surface area contributed by atoms with Crippen LogP contribution in [0.4, 0.5) is 0 Å². The molecule has 128 valence electrons. The van der Waals surface area contributed by atoms with Gasteiger partial charge in [-0.15, -0.1) is 0 Å². The molecule has 0 fully saturated rings. The summed E-state index contributed by atoms with van der Waals surface area (Å²) in [5.41, 5.74) is -0.139. The first-order valence-corrected chi connectivity index (χ1v) is 8.17. The molecule has 0 bridgehead atoms. The van der Waals surface area contributed by atoms with E-state index in [2.05, 4.69) is 5.10 Å². The molecule has 0 spiro atoms. The first kappa shape index (κ1) is 17.6. The predicted octanol–water partition coefficient (Wildman–Crippen LogP) is 4.99. The molecule has 8 heteroatoms. The second-order valence-corrected chi connectivity index (χ2v) is 6.22. The molecule has 0 aliphatic heterocycles. The third kappa shape index (κ3) is 3.90. The van der Waals surface area contributed by atoms with Crippen LogP contribution in [0.5, 0.6) is 17.2 Å². The minimum atomic E-state index is -0.540. The van der Waals surface area contributed by atoms with Gasteiger partial charge in [-0.3, -0.25) is 4.79 Å². The van der Waals surface area contributed by atoms with Gasteiger partial charge in [0, 0.05) is 10.0 Å². The molecule has 0 aliphatic carbocycles. The summed E-state index contributed by atoms with van der Waals surface area (Å²) in [4.78, 5) is 12.7. The SMILES string of the molecule is COc1ccc(Oc2c(Cl)cnn(-c3cc(Cl)cc(Cl)c3)c2=O)cc1. The van der Waals surface area contributed by atoms with Gasteiger partial charge < -0.3 is 9.47 Å². The Kier molecular flexibility index (Phi) is 5.18. The molecule has 0 aliphatic rings. The van der Waals surface area contributed by atoms with Crippen LogP contribution in [0.25, 0.3) is 5.69 Å². The van der Waals surface area contributed by atoms with Gasteiger partial charge in [-0.05, 0) is 42.5 Å². The summed E-state index contributed by atoms with van der Waals surface area (Å²) < 4.78 is 11.8. The van der Waals surface area contributed by atoms with Crippen molar-refractivity contribution in [1.29, 1.82) is 0 Å². The minimum Gasteiger partial charge on any atom is -0.497 e. The molecule has 0 atom stereocenters. The topological polar surface area (TPSA) is 53.4 Å². The third-order valence-electron chi connectivity index (χ3n) is 3.26. The molecular formula is C17H11Cl3N2O3. The fourth-order valence-corrected chi connectivity index (χ4v) is 2.79. The van der Waals surface area contributed by atoms with Crippen molar-refractivity contribution in [3.05, 3.63) is 74.1 Å². The Morgan fingerprint density at radius 1 is 0.960 bits per heavy atom. The maximum Gasteiger partial charge on any atom is 0.316 e. The van der Waals surface area contributed by atoms with Crippen molar-refractivity contribution < 1.29 is 9.47 Å². The van der Waals surface area contributed by atoms with E-state index in [1.165, 1.54) is 6.20 Å². The predicted molar refractivity (Wildman–Crippen MR) is 97.9 cm³/mol. The van der Waals surface area contributed by atoms with Crippen LogP contribution in [0.3, 0.4) is 0 Å². The lowest BCUT2D eigenvalue weighted by Crippen LogP contribution is -2.22. The molecule has 0 saturated heterocycles. The van der Waals surface area contributed by atoms with Crippen molar-refractivity contribution in [2.75, 3.05) is 7.11 Å². The summed E-state index contributed by atoms with van der Waals surface area (Å²) in [5, 5.41) is 4.86. The number of rotatable bonds is 4. The molecule has 0 unspecified atom stereocenters. The maximum atomic E-state index is 12.7. The zero-order chi connectivity index (χ0) is 18.0. The molecule has 1 heterocycles. The summed E-state index contributed by atoms with van der Waals surface area (Å²) in [5.74, 6) is 1.04. The first-order valence-electron chi connectivity index (χ1n) is 7.04. The Hall–Kier alpha value is -2.21. The zero-order valence-corrected chi connectivity index (χ0v) is 15.1. The van der Waals surface area contributed by atoms with Crippen LogP contribution in [0.15, 0.2) is 53.5 Å². The first-order chi connectivity index (χ1) is 12.0. The number of halogens is 3. The van der Waals surface area contributed by atoms with Crippen molar-refractivity contribution >= 4 is 34.8 Å². The van der Waals surface area contributed by atoms with E-state index in [9.17, 15) is 4.79 Å². The summed E-state index contributed by atoms with van der Waals surface area (Å²) >= 11 is 18.1. The third-order valence-corrected chi connectivity index (χ3v) is 3.97. The van der Waals surface area contributed by atoms with Gasteiger partial charge in [-0.2, -0.15) is 9.78 Å². The largest absolute Gasteiger partial charge is 0.497 e. The number of ether oxygens (including phenoxy) is 2. The van der Waals surface area contributed by atoms with Crippen LogP contribution in [-0.2, 0) is 0 Å². The van der Waals surface area contributed by atoms with Gasteiger partial charge in [0.05, 0.1) is 19.0 Å². The van der Waals surface area contributed by atoms with E-state index in [-0.39, 0.29) is 10.8 Å². The quantitative estimate of drug-likeness (QED) is 0.622. The molecule has 0 radical (unpaired) electrons. The lowest BCUT2D eigenvalue weighted by Gasteiger charge is -2.11. The highest BCUT2D eigenvalue weighted by molar-refractivity contribution is 6.35. The van der Waals surface area contributed by atoms with Crippen LogP contribution >= 0.6 is 34.8 Å². The fraction of sp³-hybridized carbons (Fsp3) is 0.0588. The fourth-order valence-electron chi connectivity index (χ4n) is 2.12. The molecule has 25 heavy (non-hydrogen) atoms. The highest BCUT2D eigenvalue weighted by atomic mass is 35.5. The Bertz CT molecular complexity index is 952. The van der Waals surface area contributed by atoms with Gasteiger partial charge in [0.25, 0.3) is 0 Å². The number of nitrogens with zero attached hydrogens (tertiary/aromatic N) is 2. The number of aromatic nitrogens is 2. The molecule has 0 amide bonds. The van der Waals surface area contributed by atoms with E-state index >= 15 is 0 Å². The Labute approximate surface area is 158 Å². The Balaban J connectivity index is 2.03. The van der Waals surface area contributed by atoms with E-state index in [0.717, 1.165) is 4.68 Å². The number of methoxy groups -OCH3 is 1. The van der Waals surface area contributed by atoms with Crippen LogP contribution in [0.1, 0.15) is 0 Å². The van der Waals surface area contributed by atoms with Crippen molar-refractivity contribution in [3.63, 3.8) is 0 Å². The summed E-state index contributed by atoms with van der Waals surface area (Å²) in [6.45, 7) is 0. The van der Waals surface area contributed by atoms with E-state index < -0.39 is 5.56 Å². The molecule has 3 aromatic rings. The second kappa shape index (κ2) is 7.35.